The Kier molecular flexibility index (Phi) is 5.05. The van der Waals surface area contributed by atoms with Gasteiger partial charge in [-0.1, -0.05) is 36.4 Å². The Morgan fingerprint density at radius 2 is 1.70 bits per heavy atom. The zero-order valence-corrected chi connectivity index (χ0v) is 12.5. The molecule has 2 rings (SSSR count). The minimum Gasteiger partial charge on any atom is -0.399 e. The van der Waals surface area contributed by atoms with Crippen molar-refractivity contribution in [2.45, 2.75) is 26.7 Å². The lowest BCUT2D eigenvalue weighted by molar-refractivity contribution is 0.745. The van der Waals surface area contributed by atoms with E-state index in [-0.39, 0.29) is 0 Å². The first-order valence-electron chi connectivity index (χ1n) is 7.36. The van der Waals surface area contributed by atoms with E-state index in [4.69, 9.17) is 5.73 Å². The normalized spacial score (nSPS) is 10.5. The van der Waals surface area contributed by atoms with Crippen molar-refractivity contribution >= 4 is 11.4 Å². The Labute approximate surface area is 122 Å². The van der Waals surface area contributed by atoms with Crippen LogP contribution >= 0.6 is 0 Å². The Morgan fingerprint density at radius 3 is 2.40 bits per heavy atom. The summed E-state index contributed by atoms with van der Waals surface area (Å²) in [6, 6.07) is 16.7. The van der Waals surface area contributed by atoms with Crippen molar-refractivity contribution in [1.82, 2.24) is 0 Å². The molecule has 106 valence electrons. The molecule has 0 atom stereocenters. The third-order valence-corrected chi connectivity index (χ3v) is 3.77. The largest absolute Gasteiger partial charge is 0.399 e. The van der Waals surface area contributed by atoms with Gasteiger partial charge in [-0.2, -0.15) is 0 Å². The van der Waals surface area contributed by atoms with E-state index >= 15 is 0 Å². The number of aryl methyl sites for hydroxylation is 2. The molecule has 0 saturated heterocycles. The number of hydrogen-bond donors (Lipinski definition) is 1. The third-order valence-electron chi connectivity index (χ3n) is 3.77. The molecule has 0 saturated carbocycles. The second kappa shape index (κ2) is 6.99. The standard InChI is InChI=1S/C18H24N2/c1-3-20(18-13-7-4-9-15(18)2)14-8-11-16-10-5-6-12-17(16)19/h4-7,9-10,12-13H,3,8,11,14,19H2,1-2H3. The van der Waals surface area contributed by atoms with Crippen LogP contribution < -0.4 is 10.6 Å². The van der Waals surface area contributed by atoms with Crippen LogP contribution in [0, 0.1) is 6.92 Å². The average molecular weight is 268 g/mol. The summed E-state index contributed by atoms with van der Waals surface area (Å²) in [7, 11) is 0. The molecule has 0 aliphatic rings. The van der Waals surface area contributed by atoms with Crippen LogP contribution in [0.3, 0.4) is 0 Å². The molecule has 0 spiro atoms. The van der Waals surface area contributed by atoms with E-state index < -0.39 is 0 Å². The Balaban J connectivity index is 1.95. The highest BCUT2D eigenvalue weighted by Crippen LogP contribution is 2.20. The molecule has 0 heterocycles. The summed E-state index contributed by atoms with van der Waals surface area (Å²) in [5.74, 6) is 0. The highest BCUT2D eigenvalue weighted by Gasteiger charge is 2.07. The maximum atomic E-state index is 5.99. The average Bonchev–Trinajstić information content (AvgIpc) is 2.46. The minimum atomic E-state index is 0.909. The van der Waals surface area contributed by atoms with Gasteiger partial charge in [-0.25, -0.2) is 0 Å². The number of para-hydroxylation sites is 2. The predicted molar refractivity (Wildman–Crippen MR) is 88.2 cm³/mol. The minimum absolute atomic E-state index is 0.909. The van der Waals surface area contributed by atoms with Crippen molar-refractivity contribution in [3.8, 4) is 0 Å². The highest BCUT2D eigenvalue weighted by molar-refractivity contribution is 5.53. The zero-order chi connectivity index (χ0) is 14.4. The molecule has 0 aromatic heterocycles. The summed E-state index contributed by atoms with van der Waals surface area (Å²) in [4.78, 5) is 2.44. The molecular weight excluding hydrogens is 244 g/mol. The summed E-state index contributed by atoms with van der Waals surface area (Å²) >= 11 is 0. The van der Waals surface area contributed by atoms with E-state index in [1.165, 1.54) is 16.8 Å². The predicted octanol–water partition coefficient (Wildman–Crippen LogP) is 4.04. The number of anilines is 2. The van der Waals surface area contributed by atoms with E-state index in [2.05, 4.69) is 55.1 Å². The van der Waals surface area contributed by atoms with Gasteiger partial charge in [0, 0.05) is 24.5 Å². The summed E-state index contributed by atoms with van der Waals surface area (Å²) in [5, 5.41) is 0. The van der Waals surface area contributed by atoms with E-state index in [1.807, 2.05) is 12.1 Å². The lowest BCUT2D eigenvalue weighted by atomic mass is 10.1. The van der Waals surface area contributed by atoms with Gasteiger partial charge in [-0.15, -0.1) is 0 Å². The number of hydrogen-bond acceptors (Lipinski definition) is 2. The molecule has 2 aromatic rings. The van der Waals surface area contributed by atoms with Crippen molar-refractivity contribution in [2.75, 3.05) is 23.7 Å². The molecule has 0 unspecified atom stereocenters. The van der Waals surface area contributed by atoms with Gasteiger partial charge >= 0.3 is 0 Å². The molecule has 2 nitrogen and oxygen atoms in total. The molecule has 0 radical (unpaired) electrons. The number of nitrogen functional groups attached to an aromatic ring is 1. The first kappa shape index (κ1) is 14.4. The first-order valence-corrected chi connectivity index (χ1v) is 7.36. The van der Waals surface area contributed by atoms with Gasteiger partial charge in [0.2, 0.25) is 0 Å². The van der Waals surface area contributed by atoms with E-state index in [9.17, 15) is 0 Å². The smallest absolute Gasteiger partial charge is 0.0395 e. The fourth-order valence-corrected chi connectivity index (χ4v) is 2.59. The Hall–Kier alpha value is -1.96. The second-order valence-corrected chi connectivity index (χ2v) is 5.17. The highest BCUT2D eigenvalue weighted by atomic mass is 15.1. The maximum absolute atomic E-state index is 5.99. The summed E-state index contributed by atoms with van der Waals surface area (Å²) < 4.78 is 0. The fourth-order valence-electron chi connectivity index (χ4n) is 2.59. The van der Waals surface area contributed by atoms with Crippen LogP contribution in [0.15, 0.2) is 48.5 Å². The number of nitrogens with two attached hydrogens (primary N) is 1. The fraction of sp³-hybridized carbons (Fsp3) is 0.333. The van der Waals surface area contributed by atoms with Crippen molar-refractivity contribution in [1.29, 1.82) is 0 Å². The van der Waals surface area contributed by atoms with Gasteiger partial charge in [0.15, 0.2) is 0 Å². The Morgan fingerprint density at radius 1 is 1.00 bits per heavy atom. The second-order valence-electron chi connectivity index (χ2n) is 5.17. The molecular formula is C18H24N2. The monoisotopic (exact) mass is 268 g/mol. The molecule has 2 heteroatoms. The van der Waals surface area contributed by atoms with Crippen LogP contribution in [0.5, 0.6) is 0 Å². The van der Waals surface area contributed by atoms with Crippen molar-refractivity contribution in [2.24, 2.45) is 0 Å². The molecule has 0 aliphatic carbocycles. The quantitative estimate of drug-likeness (QED) is 0.801. The summed E-state index contributed by atoms with van der Waals surface area (Å²) in [6.07, 6.45) is 2.16. The van der Waals surface area contributed by atoms with E-state index in [0.29, 0.717) is 0 Å². The van der Waals surface area contributed by atoms with Gasteiger partial charge in [0.1, 0.15) is 0 Å². The van der Waals surface area contributed by atoms with Gasteiger partial charge in [0.05, 0.1) is 0 Å². The van der Waals surface area contributed by atoms with Crippen molar-refractivity contribution < 1.29 is 0 Å². The van der Waals surface area contributed by atoms with Gasteiger partial charge < -0.3 is 10.6 Å². The van der Waals surface area contributed by atoms with Crippen LogP contribution in [0.25, 0.3) is 0 Å². The molecule has 20 heavy (non-hydrogen) atoms. The maximum Gasteiger partial charge on any atom is 0.0395 e. The number of benzene rings is 2. The zero-order valence-electron chi connectivity index (χ0n) is 12.5. The van der Waals surface area contributed by atoms with E-state index in [0.717, 1.165) is 31.6 Å². The first-order chi connectivity index (χ1) is 9.72. The van der Waals surface area contributed by atoms with Crippen LogP contribution in [-0.2, 0) is 6.42 Å². The van der Waals surface area contributed by atoms with Gasteiger partial charge in [0.25, 0.3) is 0 Å². The molecule has 0 amide bonds. The van der Waals surface area contributed by atoms with Crippen LogP contribution in [0.4, 0.5) is 11.4 Å². The lowest BCUT2D eigenvalue weighted by Gasteiger charge is -2.25. The third kappa shape index (κ3) is 3.53. The SMILES string of the molecule is CCN(CCCc1ccccc1N)c1ccccc1C. The van der Waals surface area contributed by atoms with Crippen LogP contribution in [-0.4, -0.2) is 13.1 Å². The van der Waals surface area contributed by atoms with Crippen LogP contribution in [0.2, 0.25) is 0 Å². The summed E-state index contributed by atoms with van der Waals surface area (Å²) in [6.45, 7) is 6.49. The lowest BCUT2D eigenvalue weighted by Crippen LogP contribution is -2.25. The topological polar surface area (TPSA) is 29.3 Å². The molecule has 2 aromatic carbocycles. The van der Waals surface area contributed by atoms with E-state index in [1.54, 1.807) is 0 Å². The van der Waals surface area contributed by atoms with Gasteiger partial charge in [-0.05, 0) is 49.9 Å². The molecule has 0 bridgehead atoms. The molecule has 2 N–H and O–H groups in total. The molecule has 0 aliphatic heterocycles. The van der Waals surface area contributed by atoms with Crippen molar-refractivity contribution in [3.05, 3.63) is 59.7 Å². The summed E-state index contributed by atoms with van der Waals surface area (Å²) in [5.41, 5.74) is 10.8. The number of nitrogens with zero attached hydrogens (tertiary/aromatic N) is 1. The van der Waals surface area contributed by atoms with Gasteiger partial charge in [-0.3, -0.25) is 0 Å². The Bertz CT molecular complexity index is 549. The number of rotatable bonds is 6. The van der Waals surface area contributed by atoms with Crippen molar-refractivity contribution in [3.63, 3.8) is 0 Å². The van der Waals surface area contributed by atoms with Crippen LogP contribution in [0.1, 0.15) is 24.5 Å². The molecule has 0 fully saturated rings.